The fourth-order valence-corrected chi connectivity index (χ4v) is 4.55. The second-order valence-electron chi connectivity index (χ2n) is 8.39. The van der Waals surface area contributed by atoms with E-state index < -0.39 is 16.1 Å². The van der Waals surface area contributed by atoms with E-state index in [1.54, 1.807) is 37.3 Å². The second kappa shape index (κ2) is 12.6. The molecule has 186 valence electrons. The molecule has 2 aromatic rings. The Morgan fingerprint density at radius 3 is 2.24 bits per heavy atom. The van der Waals surface area contributed by atoms with Gasteiger partial charge in [-0.1, -0.05) is 37.3 Å². The number of nitrogens with one attached hydrogen (secondary N) is 1. The minimum absolute atomic E-state index is 0.0328. The summed E-state index contributed by atoms with van der Waals surface area (Å²) in [5, 5.41) is 2.89. The molecule has 0 aromatic heterocycles. The lowest BCUT2D eigenvalue weighted by atomic mass is 10.1. The molecule has 0 unspecified atom stereocenters. The average molecular weight is 492 g/mol. The molecule has 2 rings (SSSR count). The highest BCUT2D eigenvalue weighted by atomic mass is 32.2. The van der Waals surface area contributed by atoms with Crippen molar-refractivity contribution < 1.29 is 22.4 Å². The van der Waals surface area contributed by atoms with E-state index in [9.17, 15) is 22.4 Å². The fraction of sp³-hybridized carbons (Fsp3) is 0.440. The largest absolute Gasteiger partial charge is 0.352 e. The van der Waals surface area contributed by atoms with Gasteiger partial charge in [0.15, 0.2) is 0 Å². The molecular weight excluding hydrogens is 457 g/mol. The second-order valence-corrected chi connectivity index (χ2v) is 10.4. The van der Waals surface area contributed by atoms with Gasteiger partial charge in [0.1, 0.15) is 11.9 Å². The molecule has 0 aliphatic rings. The van der Waals surface area contributed by atoms with Gasteiger partial charge in [0.05, 0.1) is 4.90 Å². The number of halogens is 1. The molecule has 1 N–H and O–H groups in total. The summed E-state index contributed by atoms with van der Waals surface area (Å²) in [5.74, 6) is -0.929. The maximum Gasteiger partial charge on any atom is 0.242 e. The maximum atomic E-state index is 13.3. The van der Waals surface area contributed by atoms with Crippen molar-refractivity contribution >= 4 is 21.8 Å². The normalized spacial score (nSPS) is 13.4. The lowest BCUT2D eigenvalue weighted by Crippen LogP contribution is -2.49. The monoisotopic (exact) mass is 491 g/mol. The van der Waals surface area contributed by atoms with Crippen LogP contribution in [0.15, 0.2) is 59.5 Å². The van der Waals surface area contributed by atoms with Crippen molar-refractivity contribution in [1.29, 1.82) is 0 Å². The van der Waals surface area contributed by atoms with Crippen LogP contribution < -0.4 is 5.32 Å². The lowest BCUT2D eigenvalue weighted by molar-refractivity contribution is -0.141. The molecule has 0 heterocycles. The summed E-state index contributed by atoms with van der Waals surface area (Å²) in [6.45, 7) is 5.80. The van der Waals surface area contributed by atoms with Gasteiger partial charge in [0.2, 0.25) is 21.8 Å². The van der Waals surface area contributed by atoms with Gasteiger partial charge in [-0.05, 0) is 56.5 Å². The third-order valence-electron chi connectivity index (χ3n) is 5.75. The van der Waals surface area contributed by atoms with Crippen LogP contribution >= 0.6 is 0 Å². The molecule has 0 bridgehead atoms. The summed E-state index contributed by atoms with van der Waals surface area (Å²) in [4.78, 5) is 27.5. The van der Waals surface area contributed by atoms with Gasteiger partial charge in [0.25, 0.3) is 0 Å². The predicted octanol–water partition coefficient (Wildman–Crippen LogP) is 3.56. The minimum Gasteiger partial charge on any atom is -0.352 e. The number of sulfonamides is 1. The highest BCUT2D eigenvalue weighted by Gasteiger charge is 2.27. The quantitative estimate of drug-likeness (QED) is 0.492. The zero-order valence-electron chi connectivity index (χ0n) is 20.2. The number of hydrogen-bond acceptors (Lipinski definition) is 4. The summed E-state index contributed by atoms with van der Waals surface area (Å²) in [7, 11) is -2.17. The summed E-state index contributed by atoms with van der Waals surface area (Å²) in [5.41, 5.74) is 0.696. The molecule has 0 fully saturated rings. The third-order valence-corrected chi connectivity index (χ3v) is 7.62. The van der Waals surface area contributed by atoms with E-state index in [4.69, 9.17) is 0 Å². The standard InChI is InChI=1S/C25H34FN3O4S/c1-5-19(2)27-25(31)20(3)29(18-21-13-15-22(26)16-14-21)24(30)12-9-17-28(4)34(32,33)23-10-7-6-8-11-23/h6-8,10-11,13-16,19-20H,5,9,12,17-18H2,1-4H3,(H,27,31)/t19-,20-/m1/s1. The first kappa shape index (κ1) is 27.5. The smallest absolute Gasteiger partial charge is 0.242 e. The number of benzene rings is 2. The van der Waals surface area contributed by atoms with E-state index in [-0.39, 0.29) is 48.1 Å². The van der Waals surface area contributed by atoms with E-state index >= 15 is 0 Å². The van der Waals surface area contributed by atoms with Crippen LogP contribution in [0.1, 0.15) is 45.6 Å². The Bertz CT molecular complexity index is 1050. The van der Waals surface area contributed by atoms with Crippen LogP contribution in [0.3, 0.4) is 0 Å². The molecule has 2 aromatic carbocycles. The van der Waals surface area contributed by atoms with Crippen LogP contribution in [0, 0.1) is 5.82 Å². The van der Waals surface area contributed by atoms with Crippen molar-refractivity contribution in [2.45, 2.75) is 63.6 Å². The molecular formula is C25H34FN3O4S. The van der Waals surface area contributed by atoms with Crippen LogP contribution in [-0.2, 0) is 26.2 Å². The zero-order chi connectivity index (χ0) is 25.3. The fourth-order valence-electron chi connectivity index (χ4n) is 3.32. The predicted molar refractivity (Wildman–Crippen MR) is 130 cm³/mol. The Balaban J connectivity index is 2.08. The Morgan fingerprint density at radius 1 is 1.03 bits per heavy atom. The SMILES string of the molecule is CC[C@@H](C)NC(=O)[C@@H](C)N(Cc1ccc(F)cc1)C(=O)CCCN(C)S(=O)(=O)c1ccccc1. The van der Waals surface area contributed by atoms with E-state index in [0.29, 0.717) is 12.0 Å². The van der Waals surface area contributed by atoms with Crippen molar-refractivity contribution in [2.75, 3.05) is 13.6 Å². The van der Waals surface area contributed by atoms with Crippen LogP contribution in [0.2, 0.25) is 0 Å². The number of hydrogen-bond donors (Lipinski definition) is 1. The Labute approximate surface area is 202 Å². The van der Waals surface area contributed by atoms with Crippen molar-refractivity contribution in [3.8, 4) is 0 Å². The molecule has 0 saturated carbocycles. The molecule has 0 saturated heterocycles. The van der Waals surface area contributed by atoms with Crippen LogP contribution in [0.4, 0.5) is 4.39 Å². The molecule has 0 aliphatic heterocycles. The summed E-state index contributed by atoms with van der Waals surface area (Å²) in [6.07, 6.45) is 1.12. The first-order valence-corrected chi connectivity index (χ1v) is 12.9. The van der Waals surface area contributed by atoms with E-state index in [1.165, 1.54) is 40.5 Å². The molecule has 34 heavy (non-hydrogen) atoms. The van der Waals surface area contributed by atoms with Crippen LogP contribution in [0.5, 0.6) is 0 Å². The highest BCUT2D eigenvalue weighted by molar-refractivity contribution is 7.89. The third kappa shape index (κ3) is 7.63. The first-order valence-electron chi connectivity index (χ1n) is 11.4. The zero-order valence-corrected chi connectivity index (χ0v) is 21.0. The summed E-state index contributed by atoms with van der Waals surface area (Å²) < 4.78 is 39.9. The number of amides is 2. The highest BCUT2D eigenvalue weighted by Crippen LogP contribution is 2.16. The molecule has 0 spiro atoms. The Hall–Kier alpha value is -2.78. The van der Waals surface area contributed by atoms with Gasteiger partial charge in [0, 0.05) is 32.6 Å². The summed E-state index contributed by atoms with van der Waals surface area (Å²) in [6, 6.07) is 13.1. The number of rotatable bonds is 12. The average Bonchev–Trinajstić information content (AvgIpc) is 2.83. The molecule has 7 nitrogen and oxygen atoms in total. The van der Waals surface area contributed by atoms with E-state index in [1.807, 2.05) is 13.8 Å². The van der Waals surface area contributed by atoms with Gasteiger partial charge < -0.3 is 10.2 Å². The van der Waals surface area contributed by atoms with Gasteiger partial charge in [-0.15, -0.1) is 0 Å². The van der Waals surface area contributed by atoms with Gasteiger partial charge in [-0.25, -0.2) is 17.1 Å². The van der Waals surface area contributed by atoms with Gasteiger partial charge >= 0.3 is 0 Å². The first-order chi connectivity index (χ1) is 16.1. The molecule has 2 atom stereocenters. The number of carbonyl (C=O) groups excluding carboxylic acids is 2. The van der Waals surface area contributed by atoms with Crippen LogP contribution in [-0.4, -0.2) is 55.1 Å². The maximum absolute atomic E-state index is 13.3. The topological polar surface area (TPSA) is 86.8 Å². The van der Waals surface area contributed by atoms with Crippen molar-refractivity contribution in [1.82, 2.24) is 14.5 Å². The lowest BCUT2D eigenvalue weighted by Gasteiger charge is -2.30. The molecule has 0 radical (unpaired) electrons. The Kier molecular flexibility index (Phi) is 10.2. The summed E-state index contributed by atoms with van der Waals surface area (Å²) >= 11 is 0. The van der Waals surface area contributed by atoms with Crippen molar-refractivity contribution in [3.63, 3.8) is 0 Å². The molecule has 9 heteroatoms. The van der Waals surface area contributed by atoms with Gasteiger partial charge in [-0.3, -0.25) is 9.59 Å². The van der Waals surface area contributed by atoms with Crippen molar-refractivity contribution in [3.05, 3.63) is 66.0 Å². The van der Waals surface area contributed by atoms with E-state index in [0.717, 1.165) is 6.42 Å². The minimum atomic E-state index is -3.65. The van der Waals surface area contributed by atoms with E-state index in [2.05, 4.69) is 5.32 Å². The van der Waals surface area contributed by atoms with Crippen molar-refractivity contribution in [2.24, 2.45) is 0 Å². The Morgan fingerprint density at radius 2 is 1.65 bits per heavy atom. The molecule has 2 amide bonds. The van der Waals surface area contributed by atoms with Crippen LogP contribution in [0.25, 0.3) is 0 Å². The number of nitrogens with zero attached hydrogens (tertiary/aromatic N) is 2. The number of carbonyl (C=O) groups is 2. The van der Waals surface area contributed by atoms with Gasteiger partial charge in [-0.2, -0.15) is 0 Å². The molecule has 0 aliphatic carbocycles.